The van der Waals surface area contributed by atoms with Gasteiger partial charge < -0.3 is 9.47 Å². The molecule has 2 heterocycles. The first-order valence-corrected chi connectivity index (χ1v) is 9.65. The third-order valence-corrected chi connectivity index (χ3v) is 5.39. The van der Waals surface area contributed by atoms with Crippen LogP contribution in [0.5, 0.6) is 5.88 Å². The number of methoxy groups -OCH3 is 2. The number of benzene rings is 1. The van der Waals surface area contributed by atoms with Gasteiger partial charge in [0.1, 0.15) is 0 Å². The van der Waals surface area contributed by atoms with Crippen LogP contribution in [0.1, 0.15) is 27.0 Å². The van der Waals surface area contributed by atoms with Gasteiger partial charge in [0.25, 0.3) is 21.0 Å². The molecule has 0 saturated heterocycles. The molecule has 11 heteroatoms. The van der Waals surface area contributed by atoms with Crippen molar-refractivity contribution in [2.45, 2.75) is 25.9 Å². The van der Waals surface area contributed by atoms with Crippen molar-refractivity contribution in [2.75, 3.05) is 18.9 Å². The standard InChI is InChI=1S/C17H19N5O5S/c1-9-6-7-12(15(23)27-5)13(11(9)3)21-28(24,25)17-19-16-18-14(26-4)10(2)8-22(16)20-17/h6-8,21H,1-5H3. The number of anilines is 1. The molecule has 0 bridgehead atoms. The van der Waals surface area contributed by atoms with E-state index in [0.717, 1.165) is 5.56 Å². The van der Waals surface area contributed by atoms with Crippen molar-refractivity contribution in [2.24, 2.45) is 0 Å². The smallest absolute Gasteiger partial charge is 0.340 e. The number of nitrogens with zero attached hydrogens (tertiary/aromatic N) is 4. The van der Waals surface area contributed by atoms with E-state index in [2.05, 4.69) is 19.8 Å². The van der Waals surface area contributed by atoms with Crippen molar-refractivity contribution in [3.63, 3.8) is 0 Å². The van der Waals surface area contributed by atoms with Gasteiger partial charge >= 0.3 is 5.97 Å². The molecule has 2 aromatic heterocycles. The lowest BCUT2D eigenvalue weighted by molar-refractivity contribution is 0.0602. The van der Waals surface area contributed by atoms with E-state index < -0.39 is 21.1 Å². The van der Waals surface area contributed by atoms with Crippen LogP contribution in [0.3, 0.4) is 0 Å². The quantitative estimate of drug-likeness (QED) is 0.635. The number of aryl methyl sites for hydroxylation is 2. The Labute approximate surface area is 161 Å². The molecule has 0 fully saturated rings. The maximum absolute atomic E-state index is 12.9. The summed E-state index contributed by atoms with van der Waals surface area (Å²) in [6.07, 6.45) is 1.56. The summed E-state index contributed by atoms with van der Waals surface area (Å²) in [5.74, 6) is -0.276. The second-order valence-electron chi connectivity index (χ2n) is 6.10. The van der Waals surface area contributed by atoms with Crippen molar-refractivity contribution in [1.29, 1.82) is 0 Å². The lowest BCUT2D eigenvalue weighted by Crippen LogP contribution is -2.19. The summed E-state index contributed by atoms with van der Waals surface area (Å²) in [7, 11) is -1.52. The van der Waals surface area contributed by atoms with Gasteiger partial charge in [0.2, 0.25) is 5.88 Å². The summed E-state index contributed by atoms with van der Waals surface area (Å²) in [5, 5.41) is 3.50. The van der Waals surface area contributed by atoms with E-state index in [4.69, 9.17) is 9.47 Å². The molecular weight excluding hydrogens is 386 g/mol. The molecule has 0 radical (unpaired) electrons. The highest BCUT2D eigenvalue weighted by Gasteiger charge is 2.26. The highest BCUT2D eigenvalue weighted by molar-refractivity contribution is 7.92. The molecule has 0 spiro atoms. The zero-order valence-corrected chi connectivity index (χ0v) is 16.8. The third kappa shape index (κ3) is 3.36. The fraction of sp³-hybridized carbons (Fsp3) is 0.294. The van der Waals surface area contributed by atoms with Crippen LogP contribution in [-0.2, 0) is 14.8 Å². The fourth-order valence-electron chi connectivity index (χ4n) is 2.60. The minimum absolute atomic E-state index is 0.0666. The summed E-state index contributed by atoms with van der Waals surface area (Å²) in [4.78, 5) is 20.1. The van der Waals surface area contributed by atoms with Crippen molar-refractivity contribution in [1.82, 2.24) is 19.6 Å². The average molecular weight is 405 g/mol. The molecule has 0 unspecified atom stereocenters. The van der Waals surface area contributed by atoms with E-state index in [9.17, 15) is 13.2 Å². The van der Waals surface area contributed by atoms with Gasteiger partial charge in [-0.15, -0.1) is 5.10 Å². The second kappa shape index (κ2) is 7.08. The Bertz CT molecular complexity index is 1190. The number of hydrogen-bond acceptors (Lipinski definition) is 8. The van der Waals surface area contributed by atoms with E-state index >= 15 is 0 Å². The molecule has 10 nitrogen and oxygen atoms in total. The number of ether oxygens (including phenoxy) is 2. The Morgan fingerprint density at radius 1 is 1.11 bits per heavy atom. The van der Waals surface area contributed by atoms with Gasteiger partial charge in [0, 0.05) is 11.8 Å². The number of carbonyl (C=O) groups is 1. The first-order valence-electron chi connectivity index (χ1n) is 8.17. The van der Waals surface area contributed by atoms with Crippen molar-refractivity contribution < 1.29 is 22.7 Å². The van der Waals surface area contributed by atoms with E-state index in [1.54, 1.807) is 33.0 Å². The Morgan fingerprint density at radius 2 is 1.82 bits per heavy atom. The predicted molar refractivity (Wildman–Crippen MR) is 100 cm³/mol. The molecule has 0 atom stereocenters. The van der Waals surface area contributed by atoms with Crippen LogP contribution < -0.4 is 9.46 Å². The molecule has 0 aliphatic carbocycles. The van der Waals surface area contributed by atoms with Crippen LogP contribution in [0.15, 0.2) is 23.5 Å². The van der Waals surface area contributed by atoms with E-state index in [1.807, 2.05) is 0 Å². The van der Waals surface area contributed by atoms with E-state index in [0.29, 0.717) is 17.0 Å². The summed E-state index contributed by atoms with van der Waals surface area (Å²) in [5.41, 5.74) is 2.27. The molecule has 148 valence electrons. The predicted octanol–water partition coefficient (Wildman–Crippen LogP) is 1.65. The summed E-state index contributed by atoms with van der Waals surface area (Å²) >= 11 is 0. The van der Waals surface area contributed by atoms with Crippen LogP contribution in [0.2, 0.25) is 0 Å². The normalized spacial score (nSPS) is 11.5. The molecule has 1 N–H and O–H groups in total. The van der Waals surface area contributed by atoms with Crippen LogP contribution in [0.25, 0.3) is 5.78 Å². The topological polar surface area (TPSA) is 125 Å². The van der Waals surface area contributed by atoms with E-state index in [-0.39, 0.29) is 17.0 Å². The molecule has 3 rings (SSSR count). The Kier molecular flexibility index (Phi) is 4.94. The summed E-state index contributed by atoms with van der Waals surface area (Å²) in [6.45, 7) is 5.25. The number of nitrogens with one attached hydrogen (secondary N) is 1. The zero-order valence-electron chi connectivity index (χ0n) is 16.0. The zero-order chi connectivity index (χ0) is 20.6. The lowest BCUT2D eigenvalue weighted by atomic mass is 10.0. The summed E-state index contributed by atoms with van der Waals surface area (Å²) in [6, 6.07) is 3.21. The average Bonchev–Trinajstić information content (AvgIpc) is 3.08. The Hall–Kier alpha value is -3.21. The highest BCUT2D eigenvalue weighted by atomic mass is 32.2. The molecule has 0 aliphatic heterocycles. The Morgan fingerprint density at radius 3 is 2.46 bits per heavy atom. The SMILES string of the molecule is COC(=O)c1ccc(C)c(C)c1NS(=O)(=O)c1nc2nc(OC)c(C)cn2n1. The maximum atomic E-state index is 12.9. The second-order valence-corrected chi connectivity index (χ2v) is 7.68. The number of carbonyl (C=O) groups excluding carboxylic acids is 1. The molecule has 28 heavy (non-hydrogen) atoms. The van der Waals surface area contributed by atoms with Gasteiger partial charge in [-0.05, 0) is 38.0 Å². The van der Waals surface area contributed by atoms with Crippen molar-refractivity contribution in [3.8, 4) is 5.88 Å². The number of sulfonamides is 1. The Balaban J connectivity index is 2.09. The highest BCUT2D eigenvalue weighted by Crippen LogP contribution is 2.27. The maximum Gasteiger partial charge on any atom is 0.340 e. The minimum Gasteiger partial charge on any atom is -0.481 e. The summed E-state index contributed by atoms with van der Waals surface area (Å²) < 4.78 is 39.3. The van der Waals surface area contributed by atoms with Crippen LogP contribution in [0, 0.1) is 20.8 Å². The fourth-order valence-corrected chi connectivity index (χ4v) is 3.62. The molecule has 3 aromatic rings. The van der Waals surface area contributed by atoms with Crippen LogP contribution in [0.4, 0.5) is 5.69 Å². The number of hydrogen-bond donors (Lipinski definition) is 1. The molecule has 0 amide bonds. The molecule has 0 aliphatic rings. The van der Waals surface area contributed by atoms with Crippen LogP contribution in [-0.4, -0.2) is 48.2 Å². The first-order chi connectivity index (χ1) is 13.2. The van der Waals surface area contributed by atoms with Gasteiger partial charge in [-0.25, -0.2) is 9.31 Å². The molecular formula is C17H19N5O5S. The van der Waals surface area contributed by atoms with Crippen molar-refractivity contribution >= 4 is 27.5 Å². The van der Waals surface area contributed by atoms with E-state index in [1.165, 1.54) is 24.8 Å². The minimum atomic E-state index is -4.19. The number of aromatic nitrogens is 4. The van der Waals surface area contributed by atoms with Crippen molar-refractivity contribution in [3.05, 3.63) is 40.6 Å². The largest absolute Gasteiger partial charge is 0.481 e. The van der Waals surface area contributed by atoms with Crippen LogP contribution >= 0.6 is 0 Å². The van der Waals surface area contributed by atoms with Gasteiger partial charge in [-0.2, -0.15) is 18.4 Å². The van der Waals surface area contributed by atoms with Gasteiger partial charge in [-0.3, -0.25) is 4.72 Å². The van der Waals surface area contributed by atoms with Gasteiger partial charge in [0.15, 0.2) is 0 Å². The molecule has 0 saturated carbocycles. The third-order valence-electron chi connectivity index (χ3n) is 4.26. The molecule has 1 aromatic carbocycles. The number of fused-ring (bicyclic) bond motifs is 1. The number of esters is 1. The lowest BCUT2D eigenvalue weighted by Gasteiger charge is -2.14. The first kappa shape index (κ1) is 19.5. The monoisotopic (exact) mass is 405 g/mol. The number of rotatable bonds is 5. The van der Waals surface area contributed by atoms with Gasteiger partial charge in [0.05, 0.1) is 25.5 Å². The van der Waals surface area contributed by atoms with Gasteiger partial charge in [-0.1, -0.05) is 6.07 Å².